The molecule has 58 valence electrons. The summed E-state index contributed by atoms with van der Waals surface area (Å²) in [7, 11) is 0. The molecule has 4 nitrogen and oxygen atoms in total. The molecule has 0 saturated heterocycles. The molecule has 0 aliphatic heterocycles. The fourth-order valence-corrected chi connectivity index (χ4v) is 0.325. The van der Waals surface area contributed by atoms with E-state index in [1.165, 1.54) is 6.92 Å². The van der Waals surface area contributed by atoms with Crippen molar-refractivity contribution in [2.24, 2.45) is 0 Å². The zero-order valence-electron chi connectivity index (χ0n) is 5.74. The van der Waals surface area contributed by atoms with Crippen LogP contribution in [0.15, 0.2) is 12.7 Å². The zero-order valence-corrected chi connectivity index (χ0v) is 5.74. The van der Waals surface area contributed by atoms with Crippen LogP contribution in [0.2, 0.25) is 0 Å². The van der Waals surface area contributed by atoms with Crippen molar-refractivity contribution >= 4 is 5.91 Å². The molecule has 0 heterocycles. The van der Waals surface area contributed by atoms with Crippen LogP contribution in [0.1, 0.15) is 6.92 Å². The fourth-order valence-electron chi connectivity index (χ4n) is 0.325. The van der Waals surface area contributed by atoms with Gasteiger partial charge in [-0.15, -0.1) is 0 Å². The minimum Gasteiger partial charge on any atom is -0.384 e. The van der Waals surface area contributed by atoms with E-state index in [0.29, 0.717) is 0 Å². The summed E-state index contributed by atoms with van der Waals surface area (Å²) < 4.78 is 0. The zero-order chi connectivity index (χ0) is 8.15. The highest BCUT2D eigenvalue weighted by Crippen LogP contribution is 1.82. The normalized spacial score (nSPS) is 15.5. The number of carbonyl (C=O) groups excluding carboxylic acids is 1. The van der Waals surface area contributed by atoms with E-state index < -0.39 is 18.2 Å². The molecule has 2 unspecified atom stereocenters. The predicted octanol–water partition coefficient (Wildman–Crippen LogP) is -1.01. The van der Waals surface area contributed by atoms with Crippen LogP contribution in [0.3, 0.4) is 0 Å². The lowest BCUT2D eigenvalue weighted by Gasteiger charge is -2.08. The summed E-state index contributed by atoms with van der Waals surface area (Å²) in [6.07, 6.45) is -1.03. The summed E-state index contributed by atoms with van der Waals surface area (Å²) in [6.45, 7) is 4.54. The topological polar surface area (TPSA) is 69.6 Å². The highest BCUT2D eigenvalue weighted by Gasteiger charge is 2.09. The van der Waals surface area contributed by atoms with Crippen LogP contribution in [-0.4, -0.2) is 28.5 Å². The molecule has 0 aromatic heterocycles. The number of aliphatic hydroxyl groups is 2. The Labute approximate surface area is 59.2 Å². The smallest absolute Gasteiger partial charge is 0.250 e. The van der Waals surface area contributed by atoms with Crippen LogP contribution < -0.4 is 5.32 Å². The fraction of sp³-hybridized carbons (Fsp3) is 0.500. The van der Waals surface area contributed by atoms with Gasteiger partial charge in [0.15, 0.2) is 0 Å². The Morgan fingerprint density at radius 1 is 1.70 bits per heavy atom. The standard InChI is InChI=1S/C6H11NO3/c1-3-5(9)7-6(10)4(2)8/h3-5,8-9H,1H2,2H3,(H,7,10). The lowest BCUT2D eigenvalue weighted by atomic mass is 10.4. The van der Waals surface area contributed by atoms with Crippen molar-refractivity contribution in [3.8, 4) is 0 Å². The monoisotopic (exact) mass is 145 g/mol. The number of hydrogen-bond acceptors (Lipinski definition) is 3. The van der Waals surface area contributed by atoms with Gasteiger partial charge in [-0.25, -0.2) is 0 Å². The van der Waals surface area contributed by atoms with Crippen molar-refractivity contribution in [2.75, 3.05) is 0 Å². The number of hydrogen-bond donors (Lipinski definition) is 3. The van der Waals surface area contributed by atoms with Gasteiger partial charge >= 0.3 is 0 Å². The molecule has 10 heavy (non-hydrogen) atoms. The number of amides is 1. The summed E-state index contributed by atoms with van der Waals surface area (Å²) in [6, 6.07) is 0. The summed E-state index contributed by atoms with van der Waals surface area (Å²) >= 11 is 0. The van der Waals surface area contributed by atoms with Crippen LogP contribution in [0, 0.1) is 0 Å². The van der Waals surface area contributed by atoms with E-state index in [4.69, 9.17) is 10.2 Å². The van der Waals surface area contributed by atoms with Gasteiger partial charge in [-0.05, 0) is 13.0 Å². The highest BCUT2D eigenvalue weighted by molar-refractivity contribution is 5.80. The van der Waals surface area contributed by atoms with E-state index in [-0.39, 0.29) is 0 Å². The van der Waals surface area contributed by atoms with Crippen LogP contribution in [0.4, 0.5) is 0 Å². The van der Waals surface area contributed by atoms with E-state index >= 15 is 0 Å². The summed E-state index contributed by atoms with van der Waals surface area (Å²) in [5.41, 5.74) is 0. The molecule has 0 saturated carbocycles. The summed E-state index contributed by atoms with van der Waals surface area (Å²) in [5.74, 6) is -0.618. The molecular weight excluding hydrogens is 134 g/mol. The Hall–Kier alpha value is -0.870. The number of rotatable bonds is 3. The third-order valence-electron chi connectivity index (χ3n) is 0.893. The van der Waals surface area contributed by atoms with Gasteiger partial charge in [-0.1, -0.05) is 6.58 Å². The van der Waals surface area contributed by atoms with Gasteiger partial charge in [0.2, 0.25) is 0 Å². The van der Waals surface area contributed by atoms with Crippen LogP contribution in [0.25, 0.3) is 0 Å². The first-order chi connectivity index (χ1) is 4.57. The van der Waals surface area contributed by atoms with Crippen molar-refractivity contribution < 1.29 is 15.0 Å². The third-order valence-corrected chi connectivity index (χ3v) is 0.893. The SMILES string of the molecule is C=CC(O)NC(=O)C(C)O. The molecule has 3 N–H and O–H groups in total. The lowest BCUT2D eigenvalue weighted by molar-refractivity contribution is -0.130. The van der Waals surface area contributed by atoms with Crippen LogP contribution in [-0.2, 0) is 4.79 Å². The van der Waals surface area contributed by atoms with Crippen molar-refractivity contribution in [3.63, 3.8) is 0 Å². The first-order valence-electron chi connectivity index (χ1n) is 2.87. The second-order valence-electron chi connectivity index (χ2n) is 1.87. The largest absolute Gasteiger partial charge is 0.384 e. The van der Waals surface area contributed by atoms with E-state index in [9.17, 15) is 4.79 Å². The van der Waals surface area contributed by atoms with Gasteiger partial charge in [-0.2, -0.15) is 0 Å². The van der Waals surface area contributed by atoms with Gasteiger partial charge in [0.25, 0.3) is 5.91 Å². The quantitative estimate of drug-likeness (QED) is 0.352. The van der Waals surface area contributed by atoms with Crippen molar-refractivity contribution in [2.45, 2.75) is 19.3 Å². The van der Waals surface area contributed by atoms with Crippen LogP contribution in [0.5, 0.6) is 0 Å². The lowest BCUT2D eigenvalue weighted by Crippen LogP contribution is -2.38. The summed E-state index contributed by atoms with van der Waals surface area (Å²) in [4.78, 5) is 10.5. The van der Waals surface area contributed by atoms with Gasteiger partial charge in [0.05, 0.1) is 0 Å². The second kappa shape index (κ2) is 4.03. The van der Waals surface area contributed by atoms with Gasteiger partial charge in [0.1, 0.15) is 12.3 Å². The maximum atomic E-state index is 10.5. The average molecular weight is 145 g/mol. The first kappa shape index (κ1) is 9.13. The first-order valence-corrected chi connectivity index (χ1v) is 2.87. The Kier molecular flexibility index (Phi) is 3.68. The van der Waals surface area contributed by atoms with E-state index in [1.807, 2.05) is 0 Å². The molecular formula is C6H11NO3. The molecule has 0 aromatic carbocycles. The molecule has 0 fully saturated rings. The number of nitrogens with one attached hydrogen (secondary N) is 1. The molecule has 0 spiro atoms. The molecule has 0 aliphatic rings. The van der Waals surface area contributed by atoms with Crippen molar-refractivity contribution in [1.29, 1.82) is 0 Å². The molecule has 0 radical (unpaired) electrons. The third kappa shape index (κ3) is 3.21. The Bertz CT molecular complexity index is 133. The van der Waals surface area contributed by atoms with Gasteiger partial charge < -0.3 is 15.5 Å². The van der Waals surface area contributed by atoms with Crippen molar-refractivity contribution in [3.05, 3.63) is 12.7 Å². The number of carbonyl (C=O) groups is 1. The number of aliphatic hydroxyl groups excluding tert-OH is 2. The highest BCUT2D eigenvalue weighted by atomic mass is 16.3. The Morgan fingerprint density at radius 3 is 2.50 bits per heavy atom. The van der Waals surface area contributed by atoms with Gasteiger partial charge in [0, 0.05) is 0 Å². The van der Waals surface area contributed by atoms with E-state index in [2.05, 4.69) is 11.9 Å². The summed E-state index contributed by atoms with van der Waals surface area (Å²) in [5, 5.41) is 19.4. The molecule has 4 heteroatoms. The Morgan fingerprint density at radius 2 is 2.20 bits per heavy atom. The second-order valence-corrected chi connectivity index (χ2v) is 1.87. The molecule has 0 aliphatic carbocycles. The van der Waals surface area contributed by atoms with E-state index in [0.717, 1.165) is 6.08 Å². The van der Waals surface area contributed by atoms with Crippen LogP contribution >= 0.6 is 0 Å². The minimum absolute atomic E-state index is 0.618. The average Bonchev–Trinajstić information content (AvgIpc) is 1.87. The molecule has 1 amide bonds. The van der Waals surface area contributed by atoms with Crippen molar-refractivity contribution in [1.82, 2.24) is 5.32 Å². The maximum absolute atomic E-state index is 10.5. The minimum atomic E-state index is -1.10. The van der Waals surface area contributed by atoms with Gasteiger partial charge in [-0.3, -0.25) is 4.79 Å². The maximum Gasteiger partial charge on any atom is 0.250 e. The van der Waals surface area contributed by atoms with E-state index in [1.54, 1.807) is 0 Å². The molecule has 0 bridgehead atoms. The predicted molar refractivity (Wildman–Crippen MR) is 36.0 cm³/mol. The molecule has 0 rings (SSSR count). The molecule has 2 atom stereocenters. The molecule has 0 aromatic rings. The Balaban J connectivity index is 3.68.